The SMILES string of the molecule is O=C(Nc1ncccn1)[C@@H]1C[C@H](O)CN1C(=O)OCc1ccccc1. The predicted molar refractivity (Wildman–Crippen MR) is 88.4 cm³/mol. The fraction of sp³-hybridized carbons (Fsp3) is 0.294. The van der Waals surface area contributed by atoms with Gasteiger partial charge in [-0.15, -0.1) is 0 Å². The number of nitrogens with one attached hydrogen (secondary N) is 1. The highest BCUT2D eigenvalue weighted by Crippen LogP contribution is 2.20. The zero-order chi connectivity index (χ0) is 17.6. The smallest absolute Gasteiger partial charge is 0.410 e. The first kappa shape index (κ1) is 16.8. The molecule has 3 rings (SSSR count). The van der Waals surface area contributed by atoms with Gasteiger partial charge in [-0.3, -0.25) is 15.0 Å². The fourth-order valence-electron chi connectivity index (χ4n) is 2.62. The maximum atomic E-state index is 12.4. The Morgan fingerprint density at radius 1 is 1.20 bits per heavy atom. The van der Waals surface area contributed by atoms with E-state index >= 15 is 0 Å². The van der Waals surface area contributed by atoms with Crippen molar-refractivity contribution in [1.82, 2.24) is 14.9 Å². The number of aromatic nitrogens is 2. The Hall–Kier alpha value is -3.00. The molecule has 1 aliphatic rings. The van der Waals surface area contributed by atoms with Crippen molar-refractivity contribution in [3.05, 3.63) is 54.4 Å². The summed E-state index contributed by atoms with van der Waals surface area (Å²) in [5.41, 5.74) is 0.842. The van der Waals surface area contributed by atoms with E-state index in [2.05, 4.69) is 15.3 Å². The number of rotatable bonds is 4. The first-order chi connectivity index (χ1) is 12.1. The van der Waals surface area contributed by atoms with Gasteiger partial charge in [0.1, 0.15) is 12.6 Å². The van der Waals surface area contributed by atoms with Crippen LogP contribution < -0.4 is 5.32 Å². The number of β-amino-alcohol motifs (C(OH)–C–C–N with tert-alkyl or cyclic N) is 1. The van der Waals surface area contributed by atoms with Gasteiger partial charge in [-0.2, -0.15) is 0 Å². The number of amides is 2. The Labute approximate surface area is 144 Å². The molecule has 2 aromatic rings. The van der Waals surface area contributed by atoms with Gasteiger partial charge in [-0.1, -0.05) is 30.3 Å². The molecule has 1 aromatic heterocycles. The van der Waals surface area contributed by atoms with Gasteiger partial charge in [-0.05, 0) is 11.6 Å². The average molecular weight is 342 g/mol. The van der Waals surface area contributed by atoms with Gasteiger partial charge in [-0.25, -0.2) is 14.8 Å². The zero-order valence-electron chi connectivity index (χ0n) is 13.4. The number of aliphatic hydroxyl groups is 1. The quantitative estimate of drug-likeness (QED) is 0.865. The monoisotopic (exact) mass is 342 g/mol. The van der Waals surface area contributed by atoms with Crippen molar-refractivity contribution >= 4 is 17.9 Å². The van der Waals surface area contributed by atoms with Crippen molar-refractivity contribution in [3.8, 4) is 0 Å². The van der Waals surface area contributed by atoms with Gasteiger partial charge >= 0.3 is 6.09 Å². The number of carbonyl (C=O) groups excluding carboxylic acids is 2. The van der Waals surface area contributed by atoms with Crippen LogP contribution in [-0.2, 0) is 16.1 Å². The zero-order valence-corrected chi connectivity index (χ0v) is 13.4. The van der Waals surface area contributed by atoms with Gasteiger partial charge in [0.2, 0.25) is 11.9 Å². The minimum absolute atomic E-state index is 0.0430. The summed E-state index contributed by atoms with van der Waals surface area (Å²) in [5, 5.41) is 12.4. The highest BCUT2D eigenvalue weighted by Gasteiger charge is 2.40. The summed E-state index contributed by atoms with van der Waals surface area (Å²) in [6, 6.07) is 10.0. The summed E-state index contributed by atoms with van der Waals surface area (Å²) in [6.45, 7) is 0.143. The topological polar surface area (TPSA) is 105 Å². The van der Waals surface area contributed by atoms with E-state index in [0.717, 1.165) is 5.56 Å². The van der Waals surface area contributed by atoms with Crippen LogP contribution in [0.5, 0.6) is 0 Å². The number of ether oxygens (including phenoxy) is 1. The molecule has 8 nitrogen and oxygen atoms in total. The molecular weight excluding hydrogens is 324 g/mol. The van der Waals surface area contributed by atoms with Crippen molar-refractivity contribution in [2.45, 2.75) is 25.2 Å². The second-order valence-electron chi connectivity index (χ2n) is 5.66. The number of anilines is 1. The van der Waals surface area contributed by atoms with Crippen LogP contribution in [0.2, 0.25) is 0 Å². The van der Waals surface area contributed by atoms with Crippen LogP contribution in [0, 0.1) is 0 Å². The van der Waals surface area contributed by atoms with Crippen LogP contribution in [0.25, 0.3) is 0 Å². The van der Waals surface area contributed by atoms with Crippen molar-refractivity contribution in [2.75, 3.05) is 11.9 Å². The number of likely N-dealkylation sites (tertiary alicyclic amines) is 1. The van der Waals surface area contributed by atoms with Crippen LogP contribution in [0.4, 0.5) is 10.7 Å². The number of hydrogen-bond donors (Lipinski definition) is 2. The highest BCUT2D eigenvalue weighted by molar-refractivity contribution is 5.95. The number of benzene rings is 1. The van der Waals surface area contributed by atoms with Gasteiger partial charge in [0.05, 0.1) is 12.6 Å². The van der Waals surface area contributed by atoms with Crippen molar-refractivity contribution in [1.29, 1.82) is 0 Å². The number of nitrogens with zero attached hydrogens (tertiary/aromatic N) is 3. The normalized spacial score (nSPS) is 19.5. The lowest BCUT2D eigenvalue weighted by molar-refractivity contribution is -0.120. The summed E-state index contributed by atoms with van der Waals surface area (Å²) in [5.74, 6) is -0.314. The third-order valence-electron chi connectivity index (χ3n) is 3.82. The minimum Gasteiger partial charge on any atom is -0.445 e. The molecule has 2 N–H and O–H groups in total. The molecular formula is C17H18N4O4. The summed E-state index contributed by atoms with van der Waals surface area (Å²) in [7, 11) is 0. The molecule has 0 spiro atoms. The van der Waals surface area contributed by atoms with E-state index in [-0.39, 0.29) is 25.5 Å². The molecule has 1 aliphatic heterocycles. The van der Waals surface area contributed by atoms with Crippen LogP contribution in [-0.4, -0.2) is 50.7 Å². The van der Waals surface area contributed by atoms with E-state index in [1.807, 2.05) is 30.3 Å². The predicted octanol–water partition coefficient (Wildman–Crippen LogP) is 1.19. The molecule has 25 heavy (non-hydrogen) atoms. The van der Waals surface area contributed by atoms with E-state index in [0.29, 0.717) is 0 Å². The maximum absolute atomic E-state index is 12.4. The number of hydrogen-bond acceptors (Lipinski definition) is 6. The van der Waals surface area contributed by atoms with E-state index in [9.17, 15) is 14.7 Å². The largest absolute Gasteiger partial charge is 0.445 e. The van der Waals surface area contributed by atoms with Crippen LogP contribution >= 0.6 is 0 Å². The Kier molecular flexibility index (Phi) is 5.20. The molecule has 2 atom stereocenters. The van der Waals surface area contributed by atoms with Crippen LogP contribution in [0.1, 0.15) is 12.0 Å². The van der Waals surface area contributed by atoms with Gasteiger partial charge in [0.15, 0.2) is 0 Å². The lowest BCUT2D eigenvalue weighted by atomic mass is 10.2. The molecule has 1 aromatic carbocycles. The molecule has 0 radical (unpaired) electrons. The van der Waals surface area contributed by atoms with E-state index in [1.54, 1.807) is 6.07 Å². The van der Waals surface area contributed by atoms with Gasteiger partial charge in [0, 0.05) is 18.8 Å². The van der Waals surface area contributed by atoms with Gasteiger partial charge in [0.25, 0.3) is 0 Å². The number of aliphatic hydroxyl groups excluding tert-OH is 1. The van der Waals surface area contributed by atoms with Crippen molar-refractivity contribution in [2.24, 2.45) is 0 Å². The summed E-state index contributed by atoms with van der Waals surface area (Å²) in [6.07, 6.45) is 1.71. The second-order valence-corrected chi connectivity index (χ2v) is 5.66. The third kappa shape index (κ3) is 4.30. The first-order valence-electron chi connectivity index (χ1n) is 7.87. The molecule has 0 bridgehead atoms. The Morgan fingerprint density at radius 2 is 1.92 bits per heavy atom. The van der Waals surface area contributed by atoms with E-state index in [4.69, 9.17) is 4.74 Å². The molecule has 0 saturated carbocycles. The summed E-state index contributed by atoms with van der Waals surface area (Å²) in [4.78, 5) is 33.8. The van der Waals surface area contributed by atoms with E-state index < -0.39 is 24.1 Å². The molecule has 2 heterocycles. The van der Waals surface area contributed by atoms with Gasteiger partial charge < -0.3 is 9.84 Å². The molecule has 0 unspecified atom stereocenters. The first-order valence-corrected chi connectivity index (χ1v) is 7.87. The Bertz CT molecular complexity index is 726. The third-order valence-corrected chi connectivity index (χ3v) is 3.82. The number of carbonyl (C=O) groups is 2. The molecule has 2 amide bonds. The molecule has 1 saturated heterocycles. The lowest BCUT2D eigenvalue weighted by Gasteiger charge is -2.22. The van der Waals surface area contributed by atoms with Crippen LogP contribution in [0.3, 0.4) is 0 Å². The Balaban J connectivity index is 1.62. The summed E-state index contributed by atoms with van der Waals surface area (Å²) < 4.78 is 5.26. The molecule has 0 aliphatic carbocycles. The standard InChI is InChI=1S/C17H18N4O4/c22-13-9-14(15(23)20-16-18-7-4-8-19-16)21(10-13)17(24)25-11-12-5-2-1-3-6-12/h1-8,13-14,22H,9-11H2,(H,18,19,20,23)/t13-,14-/m0/s1. The molecule has 130 valence electrons. The van der Waals surface area contributed by atoms with Crippen LogP contribution in [0.15, 0.2) is 48.8 Å². The fourth-order valence-corrected chi connectivity index (χ4v) is 2.62. The summed E-state index contributed by atoms with van der Waals surface area (Å²) >= 11 is 0. The minimum atomic E-state index is -0.831. The van der Waals surface area contributed by atoms with Crippen molar-refractivity contribution < 1.29 is 19.4 Å². The molecule has 1 fully saturated rings. The maximum Gasteiger partial charge on any atom is 0.410 e. The van der Waals surface area contributed by atoms with Crippen molar-refractivity contribution in [3.63, 3.8) is 0 Å². The lowest BCUT2D eigenvalue weighted by Crippen LogP contribution is -2.43. The second kappa shape index (κ2) is 7.71. The Morgan fingerprint density at radius 3 is 2.64 bits per heavy atom. The highest BCUT2D eigenvalue weighted by atomic mass is 16.6. The average Bonchev–Trinajstić information content (AvgIpc) is 3.03. The molecule has 8 heteroatoms. The van der Waals surface area contributed by atoms with E-state index in [1.165, 1.54) is 17.3 Å².